The minimum Gasteiger partial charge on any atom is -0.370 e. The molecule has 0 aliphatic heterocycles. The van der Waals surface area contributed by atoms with Crippen molar-refractivity contribution in [3.63, 3.8) is 0 Å². The van der Waals surface area contributed by atoms with E-state index in [1.807, 2.05) is 6.92 Å². The van der Waals surface area contributed by atoms with Crippen LogP contribution in [0.15, 0.2) is 0 Å². The van der Waals surface area contributed by atoms with Crippen molar-refractivity contribution in [2.75, 3.05) is 0 Å². The second-order valence-electron chi connectivity index (χ2n) is 2.19. The maximum Gasteiger partial charge on any atom is 0.217 e. The Kier molecular flexibility index (Phi) is 4.28. The number of carbonyl (C=O) groups is 2. The van der Waals surface area contributed by atoms with Gasteiger partial charge in [-0.1, -0.05) is 0 Å². The minimum atomic E-state index is -0.334. The van der Waals surface area contributed by atoms with Crippen LogP contribution in [0.3, 0.4) is 0 Å². The third kappa shape index (κ3) is 5.08. The van der Waals surface area contributed by atoms with E-state index in [9.17, 15) is 9.59 Å². The van der Waals surface area contributed by atoms with Crippen molar-refractivity contribution in [1.29, 1.82) is 0 Å². The second-order valence-corrected chi connectivity index (χ2v) is 2.19. The molecule has 0 aromatic heterocycles. The van der Waals surface area contributed by atoms with E-state index in [-0.39, 0.29) is 11.9 Å². The lowest BCUT2D eigenvalue weighted by molar-refractivity contribution is -0.118. The molecule has 0 saturated carbocycles. The molecule has 0 heterocycles. The third-order valence-electron chi connectivity index (χ3n) is 1.18. The van der Waals surface area contributed by atoms with Crippen LogP contribution in [0, 0.1) is 0 Å². The summed E-state index contributed by atoms with van der Waals surface area (Å²) in [6.45, 7) is 1.82. The van der Waals surface area contributed by atoms with E-state index in [0.717, 1.165) is 0 Å². The van der Waals surface area contributed by atoms with Crippen molar-refractivity contribution in [1.82, 2.24) is 5.32 Å². The monoisotopic (exact) mass is 144 g/mol. The number of rotatable bonds is 5. The normalized spacial score (nSPS) is 12.1. The molecule has 3 N–H and O–H groups in total. The lowest BCUT2D eigenvalue weighted by Crippen LogP contribution is -2.26. The van der Waals surface area contributed by atoms with Gasteiger partial charge >= 0.3 is 0 Å². The summed E-state index contributed by atoms with van der Waals surface area (Å²) in [6.07, 6.45) is 1.54. The van der Waals surface area contributed by atoms with Crippen LogP contribution in [0.25, 0.3) is 0 Å². The van der Waals surface area contributed by atoms with Crippen LogP contribution in [-0.2, 0) is 9.59 Å². The molecule has 1 atom stereocenters. The van der Waals surface area contributed by atoms with Gasteiger partial charge in [0.05, 0.1) is 0 Å². The van der Waals surface area contributed by atoms with Gasteiger partial charge in [0.15, 0.2) is 0 Å². The first kappa shape index (κ1) is 8.94. The molecule has 0 fully saturated rings. The van der Waals surface area contributed by atoms with Crippen LogP contribution in [-0.4, -0.2) is 18.4 Å². The van der Waals surface area contributed by atoms with E-state index >= 15 is 0 Å². The molecule has 0 rings (SSSR count). The molecule has 0 aromatic carbocycles. The summed E-state index contributed by atoms with van der Waals surface area (Å²) >= 11 is 0. The van der Waals surface area contributed by atoms with Gasteiger partial charge in [0.25, 0.3) is 0 Å². The third-order valence-corrected chi connectivity index (χ3v) is 1.18. The summed E-state index contributed by atoms with van der Waals surface area (Å²) in [6, 6.07) is 0.0324. The van der Waals surface area contributed by atoms with Crippen molar-refractivity contribution >= 4 is 12.3 Å². The molecular formula is C6H12N2O2. The summed E-state index contributed by atoms with van der Waals surface area (Å²) in [5.41, 5.74) is 4.88. The lowest BCUT2D eigenvalue weighted by Gasteiger charge is -2.06. The van der Waals surface area contributed by atoms with Crippen molar-refractivity contribution < 1.29 is 9.59 Å². The Hall–Kier alpha value is -1.06. The van der Waals surface area contributed by atoms with Crippen molar-refractivity contribution in [3.8, 4) is 0 Å². The Morgan fingerprint density at radius 3 is 2.80 bits per heavy atom. The molecule has 10 heavy (non-hydrogen) atoms. The highest BCUT2D eigenvalue weighted by molar-refractivity contribution is 5.73. The topological polar surface area (TPSA) is 72.2 Å². The second kappa shape index (κ2) is 4.78. The Balaban J connectivity index is 3.29. The molecule has 4 nitrogen and oxygen atoms in total. The van der Waals surface area contributed by atoms with E-state index in [1.54, 1.807) is 0 Å². The molecule has 2 amide bonds. The maximum atomic E-state index is 10.2. The van der Waals surface area contributed by atoms with E-state index in [2.05, 4.69) is 5.32 Å². The van der Waals surface area contributed by atoms with Crippen LogP contribution in [0.2, 0.25) is 0 Å². The zero-order valence-electron chi connectivity index (χ0n) is 5.96. The predicted octanol–water partition coefficient (Wildman–Crippen LogP) is -0.614. The maximum absolute atomic E-state index is 10.2. The molecule has 0 aromatic rings. The van der Waals surface area contributed by atoms with Crippen molar-refractivity contribution in [2.24, 2.45) is 5.73 Å². The average molecular weight is 144 g/mol. The molecule has 0 aliphatic carbocycles. The van der Waals surface area contributed by atoms with Gasteiger partial charge in [0.2, 0.25) is 12.3 Å². The summed E-state index contributed by atoms with van der Waals surface area (Å²) < 4.78 is 0. The Bertz CT molecular complexity index is 125. The fourth-order valence-corrected chi connectivity index (χ4v) is 0.558. The molecule has 58 valence electrons. The number of hydrogen-bond acceptors (Lipinski definition) is 2. The Morgan fingerprint density at radius 1 is 1.80 bits per heavy atom. The quantitative estimate of drug-likeness (QED) is 0.505. The van der Waals surface area contributed by atoms with Gasteiger partial charge in [-0.2, -0.15) is 0 Å². The smallest absolute Gasteiger partial charge is 0.217 e. The number of amides is 2. The predicted molar refractivity (Wildman–Crippen MR) is 37.1 cm³/mol. The van der Waals surface area contributed by atoms with Gasteiger partial charge in [-0.15, -0.1) is 0 Å². The van der Waals surface area contributed by atoms with Gasteiger partial charge in [-0.25, -0.2) is 0 Å². The minimum absolute atomic E-state index is 0.0324. The van der Waals surface area contributed by atoms with Crippen LogP contribution in [0.5, 0.6) is 0 Å². The van der Waals surface area contributed by atoms with Gasteiger partial charge in [-0.05, 0) is 13.3 Å². The van der Waals surface area contributed by atoms with Crippen LogP contribution < -0.4 is 11.1 Å². The molecule has 0 bridgehead atoms. The fraction of sp³-hybridized carbons (Fsp3) is 0.667. The Morgan fingerprint density at radius 2 is 2.40 bits per heavy atom. The summed E-state index contributed by atoms with van der Waals surface area (Å²) in [5, 5.41) is 2.51. The van der Waals surface area contributed by atoms with E-state index < -0.39 is 0 Å². The molecule has 4 heteroatoms. The van der Waals surface area contributed by atoms with Gasteiger partial charge < -0.3 is 11.1 Å². The number of hydrogen-bond donors (Lipinski definition) is 2. The van der Waals surface area contributed by atoms with Gasteiger partial charge in [0, 0.05) is 12.5 Å². The molecule has 0 saturated heterocycles. The standard InChI is InChI=1S/C6H12N2O2/c1-5(8-4-9)2-3-6(7)10/h4-5H,2-3H2,1H3,(H2,7,10)(H,8,9). The molecule has 0 spiro atoms. The van der Waals surface area contributed by atoms with Crippen LogP contribution in [0.4, 0.5) is 0 Å². The summed E-state index contributed by atoms with van der Waals surface area (Å²) in [5.74, 6) is -0.334. The number of nitrogens with two attached hydrogens (primary N) is 1. The highest BCUT2D eigenvalue weighted by Crippen LogP contribution is 1.93. The zero-order chi connectivity index (χ0) is 7.98. The number of primary amides is 1. The van der Waals surface area contributed by atoms with E-state index in [1.165, 1.54) is 0 Å². The SMILES string of the molecule is CC(CCC(N)=O)NC=O. The lowest BCUT2D eigenvalue weighted by atomic mass is 10.2. The summed E-state index contributed by atoms with van der Waals surface area (Å²) in [7, 11) is 0. The van der Waals surface area contributed by atoms with Crippen molar-refractivity contribution in [2.45, 2.75) is 25.8 Å². The molecule has 1 unspecified atom stereocenters. The van der Waals surface area contributed by atoms with Gasteiger partial charge in [-0.3, -0.25) is 9.59 Å². The highest BCUT2D eigenvalue weighted by atomic mass is 16.1. The summed E-state index contributed by atoms with van der Waals surface area (Å²) in [4.78, 5) is 20.0. The first-order valence-corrected chi connectivity index (χ1v) is 3.15. The number of nitrogens with one attached hydrogen (secondary N) is 1. The van der Waals surface area contributed by atoms with Crippen molar-refractivity contribution in [3.05, 3.63) is 0 Å². The first-order chi connectivity index (χ1) is 4.66. The van der Waals surface area contributed by atoms with Crippen LogP contribution >= 0.6 is 0 Å². The van der Waals surface area contributed by atoms with Gasteiger partial charge in [0.1, 0.15) is 0 Å². The zero-order valence-corrected chi connectivity index (χ0v) is 5.96. The Labute approximate surface area is 59.8 Å². The number of carbonyl (C=O) groups excluding carboxylic acids is 2. The average Bonchev–Trinajstić information content (AvgIpc) is 1.85. The van der Waals surface area contributed by atoms with Crippen LogP contribution in [0.1, 0.15) is 19.8 Å². The fourth-order valence-electron chi connectivity index (χ4n) is 0.558. The first-order valence-electron chi connectivity index (χ1n) is 3.15. The molecule has 0 radical (unpaired) electrons. The molecular weight excluding hydrogens is 132 g/mol. The largest absolute Gasteiger partial charge is 0.370 e. The molecule has 0 aliphatic rings. The van der Waals surface area contributed by atoms with E-state index in [0.29, 0.717) is 19.3 Å². The highest BCUT2D eigenvalue weighted by Gasteiger charge is 2.00. The van der Waals surface area contributed by atoms with E-state index in [4.69, 9.17) is 5.73 Å².